The van der Waals surface area contributed by atoms with Crippen molar-refractivity contribution in [2.45, 2.75) is 6.92 Å². The Balaban J connectivity index is 1.88. The highest BCUT2D eigenvalue weighted by molar-refractivity contribution is 7.89. The predicted octanol–water partition coefficient (Wildman–Crippen LogP) is -0.496. The molecule has 0 spiro atoms. The Hall–Kier alpha value is -0.170. The summed E-state index contributed by atoms with van der Waals surface area (Å²) >= 11 is 0. The van der Waals surface area contributed by atoms with Crippen LogP contribution in [0.1, 0.15) is 6.92 Å². The molecule has 0 aliphatic carbocycles. The van der Waals surface area contributed by atoms with Gasteiger partial charge in [0.1, 0.15) is 0 Å². The van der Waals surface area contributed by atoms with E-state index in [1.165, 1.54) is 0 Å². The Bertz CT molecular complexity index is 319. The molecule has 2 atom stereocenters. The number of sulfonamides is 1. The second-order valence-electron chi connectivity index (χ2n) is 4.51. The molecule has 2 aliphatic rings. The van der Waals surface area contributed by atoms with Gasteiger partial charge >= 0.3 is 0 Å². The van der Waals surface area contributed by atoms with Gasteiger partial charge in [0, 0.05) is 19.7 Å². The van der Waals surface area contributed by atoms with E-state index in [1.807, 2.05) is 6.92 Å². The van der Waals surface area contributed by atoms with Crippen molar-refractivity contribution in [3.63, 3.8) is 0 Å². The van der Waals surface area contributed by atoms with Crippen molar-refractivity contribution in [1.29, 1.82) is 0 Å². The monoisotopic (exact) mass is 248 g/mol. The number of nitrogens with one attached hydrogen (secondary N) is 1. The molecule has 0 saturated carbocycles. The summed E-state index contributed by atoms with van der Waals surface area (Å²) in [5.41, 5.74) is 0. The highest BCUT2D eigenvalue weighted by atomic mass is 32.2. The summed E-state index contributed by atoms with van der Waals surface area (Å²) in [4.78, 5) is 0. The normalized spacial score (nSPS) is 30.8. The molecule has 2 heterocycles. The summed E-state index contributed by atoms with van der Waals surface area (Å²) in [6.07, 6.45) is 0. The van der Waals surface area contributed by atoms with Gasteiger partial charge in [-0.15, -0.1) is 0 Å². The fourth-order valence-electron chi connectivity index (χ4n) is 2.48. The second-order valence-corrected chi connectivity index (χ2v) is 6.60. The highest BCUT2D eigenvalue weighted by Crippen LogP contribution is 2.28. The zero-order valence-corrected chi connectivity index (χ0v) is 10.5. The average molecular weight is 248 g/mol. The summed E-state index contributed by atoms with van der Waals surface area (Å²) < 4.78 is 30.7. The smallest absolute Gasteiger partial charge is 0.216 e. The number of ether oxygens (including phenoxy) is 1. The minimum absolute atomic E-state index is 0.119. The Morgan fingerprint density at radius 3 is 2.50 bits per heavy atom. The van der Waals surface area contributed by atoms with Gasteiger partial charge in [-0.3, -0.25) is 0 Å². The van der Waals surface area contributed by atoms with Crippen molar-refractivity contribution >= 4 is 10.0 Å². The first kappa shape index (κ1) is 12.3. The van der Waals surface area contributed by atoms with Crippen LogP contribution < -0.4 is 5.32 Å². The van der Waals surface area contributed by atoms with Crippen LogP contribution in [0.25, 0.3) is 0 Å². The second kappa shape index (κ2) is 5.00. The summed E-state index contributed by atoms with van der Waals surface area (Å²) in [5.74, 6) is 1.15. The third-order valence-electron chi connectivity index (χ3n) is 3.44. The molecule has 0 amide bonds. The fraction of sp³-hybridized carbons (Fsp3) is 1.00. The van der Waals surface area contributed by atoms with Crippen LogP contribution in [0.4, 0.5) is 0 Å². The largest absolute Gasteiger partial charge is 0.381 e. The summed E-state index contributed by atoms with van der Waals surface area (Å²) in [7, 11) is -3.09. The molecular formula is C10H20N2O3S. The van der Waals surface area contributed by atoms with Gasteiger partial charge in [0.15, 0.2) is 0 Å². The molecule has 0 aromatic rings. The van der Waals surface area contributed by atoms with E-state index in [9.17, 15) is 8.42 Å². The van der Waals surface area contributed by atoms with Gasteiger partial charge in [-0.2, -0.15) is 0 Å². The van der Waals surface area contributed by atoms with Crippen molar-refractivity contribution in [3.8, 4) is 0 Å². The molecular weight excluding hydrogens is 228 g/mol. The zero-order valence-electron chi connectivity index (χ0n) is 9.68. The highest BCUT2D eigenvalue weighted by Gasteiger charge is 2.40. The lowest BCUT2D eigenvalue weighted by molar-refractivity contribution is 0.162. The lowest BCUT2D eigenvalue weighted by atomic mass is 10.0. The molecule has 0 aromatic heterocycles. The molecule has 5 nitrogen and oxygen atoms in total. The molecule has 2 aliphatic heterocycles. The fourth-order valence-corrected chi connectivity index (χ4v) is 3.90. The molecule has 16 heavy (non-hydrogen) atoms. The summed E-state index contributed by atoms with van der Waals surface area (Å²) in [6.45, 7) is 6.05. The quantitative estimate of drug-likeness (QED) is 0.667. The van der Waals surface area contributed by atoms with Crippen LogP contribution in [0, 0.1) is 11.8 Å². The van der Waals surface area contributed by atoms with Crippen LogP contribution >= 0.6 is 0 Å². The molecule has 1 N–H and O–H groups in total. The Labute approximate surface area is 97.2 Å². The van der Waals surface area contributed by atoms with E-state index in [2.05, 4.69) is 5.32 Å². The Morgan fingerprint density at radius 2 is 1.94 bits per heavy atom. The first-order valence-corrected chi connectivity index (χ1v) is 7.50. The molecule has 2 rings (SSSR count). The molecule has 2 saturated heterocycles. The van der Waals surface area contributed by atoms with E-state index in [-0.39, 0.29) is 5.75 Å². The van der Waals surface area contributed by atoms with Crippen LogP contribution in [0.2, 0.25) is 0 Å². The standard InChI is InChI=1S/C10H20N2O3S/c1-2-15-3-4-16(13,14)12-7-9-5-11-6-10(9)8-12/h9-11H,2-8H2,1H3/t9-,10+. The van der Waals surface area contributed by atoms with Crippen molar-refractivity contribution in [2.75, 3.05) is 45.1 Å². The van der Waals surface area contributed by atoms with Crippen LogP contribution in [-0.4, -0.2) is 57.9 Å². The van der Waals surface area contributed by atoms with E-state index < -0.39 is 10.0 Å². The average Bonchev–Trinajstić information content (AvgIpc) is 2.76. The molecule has 0 bridgehead atoms. The molecule has 6 heteroatoms. The van der Waals surface area contributed by atoms with E-state index in [0.717, 1.165) is 13.1 Å². The first-order chi connectivity index (χ1) is 7.63. The van der Waals surface area contributed by atoms with E-state index in [4.69, 9.17) is 4.74 Å². The maximum atomic E-state index is 12.0. The predicted molar refractivity (Wildman–Crippen MR) is 61.7 cm³/mol. The van der Waals surface area contributed by atoms with Gasteiger partial charge in [0.2, 0.25) is 10.0 Å². The molecule has 0 aromatic carbocycles. The molecule has 94 valence electrons. The van der Waals surface area contributed by atoms with Gasteiger partial charge in [-0.1, -0.05) is 0 Å². The number of rotatable bonds is 5. The zero-order chi connectivity index (χ0) is 11.6. The lowest BCUT2D eigenvalue weighted by Crippen LogP contribution is -2.34. The van der Waals surface area contributed by atoms with E-state index in [1.54, 1.807) is 4.31 Å². The number of hydrogen-bond acceptors (Lipinski definition) is 4. The van der Waals surface area contributed by atoms with E-state index >= 15 is 0 Å². The maximum Gasteiger partial charge on any atom is 0.216 e. The molecule has 2 fully saturated rings. The number of fused-ring (bicyclic) bond motifs is 1. The number of hydrogen-bond donors (Lipinski definition) is 1. The minimum Gasteiger partial charge on any atom is -0.381 e. The van der Waals surface area contributed by atoms with E-state index in [0.29, 0.717) is 38.1 Å². The minimum atomic E-state index is -3.09. The van der Waals surface area contributed by atoms with Crippen molar-refractivity contribution in [3.05, 3.63) is 0 Å². The topological polar surface area (TPSA) is 58.6 Å². The van der Waals surface area contributed by atoms with Crippen molar-refractivity contribution < 1.29 is 13.2 Å². The maximum absolute atomic E-state index is 12.0. The van der Waals surface area contributed by atoms with Crippen molar-refractivity contribution in [1.82, 2.24) is 9.62 Å². The molecule has 0 radical (unpaired) electrons. The number of nitrogens with zero attached hydrogens (tertiary/aromatic N) is 1. The van der Waals surface area contributed by atoms with Crippen LogP contribution in [0.15, 0.2) is 0 Å². The molecule has 0 unspecified atom stereocenters. The van der Waals surface area contributed by atoms with Crippen molar-refractivity contribution in [2.24, 2.45) is 11.8 Å². The van der Waals surface area contributed by atoms with Gasteiger partial charge in [0.25, 0.3) is 0 Å². The SMILES string of the molecule is CCOCCS(=O)(=O)N1C[C@H]2CNC[C@H]2C1. The van der Waals surface area contributed by atoms with Crippen LogP contribution in [0.5, 0.6) is 0 Å². The lowest BCUT2D eigenvalue weighted by Gasteiger charge is -2.17. The van der Waals surface area contributed by atoms with Gasteiger partial charge in [0.05, 0.1) is 12.4 Å². The van der Waals surface area contributed by atoms with Crippen LogP contribution in [-0.2, 0) is 14.8 Å². The summed E-state index contributed by atoms with van der Waals surface area (Å²) in [5, 5.41) is 3.30. The van der Waals surface area contributed by atoms with Gasteiger partial charge in [-0.05, 0) is 31.8 Å². The summed E-state index contributed by atoms with van der Waals surface area (Å²) in [6, 6.07) is 0. The van der Waals surface area contributed by atoms with Gasteiger partial charge < -0.3 is 10.1 Å². The van der Waals surface area contributed by atoms with Crippen LogP contribution in [0.3, 0.4) is 0 Å². The first-order valence-electron chi connectivity index (χ1n) is 5.89. The van der Waals surface area contributed by atoms with Gasteiger partial charge in [-0.25, -0.2) is 12.7 Å². The Morgan fingerprint density at radius 1 is 1.31 bits per heavy atom. The third kappa shape index (κ3) is 2.56. The Kier molecular flexibility index (Phi) is 3.84. The third-order valence-corrected chi connectivity index (χ3v) is 5.21.